The topological polar surface area (TPSA) is 115 Å². The van der Waals surface area contributed by atoms with Gasteiger partial charge in [0.05, 0.1) is 6.61 Å². The van der Waals surface area contributed by atoms with Gasteiger partial charge in [0.25, 0.3) is 5.22 Å². The van der Waals surface area contributed by atoms with E-state index in [-0.39, 0.29) is 28.6 Å². The van der Waals surface area contributed by atoms with Crippen molar-refractivity contribution in [3.8, 4) is 6.07 Å². The summed E-state index contributed by atoms with van der Waals surface area (Å²) in [6.45, 7) is 1.89. The molecule has 0 fully saturated rings. The zero-order valence-corrected chi connectivity index (χ0v) is 10.5. The maximum Gasteiger partial charge on any atom is 0.396 e. The van der Waals surface area contributed by atoms with E-state index in [0.717, 1.165) is 11.8 Å². The van der Waals surface area contributed by atoms with Gasteiger partial charge in [0.2, 0.25) is 0 Å². The Bertz CT molecular complexity index is 636. The Balaban J connectivity index is 2.11. The monoisotopic (exact) mass is 277 g/mol. The SMILES string of the molecule is CCOC(=O)c1nnc(Sc2nccc(C#N)n2)o1. The lowest BCUT2D eigenvalue weighted by Crippen LogP contribution is -2.04. The minimum absolute atomic E-state index is 0.0955. The maximum absolute atomic E-state index is 11.3. The molecular formula is C10H7N5O3S. The summed E-state index contributed by atoms with van der Waals surface area (Å²) in [7, 11) is 0. The fraction of sp³-hybridized carbons (Fsp3) is 0.200. The summed E-state index contributed by atoms with van der Waals surface area (Å²) in [5, 5.41) is 16.3. The molecular weight excluding hydrogens is 270 g/mol. The molecule has 0 aromatic carbocycles. The highest BCUT2D eigenvalue weighted by atomic mass is 32.2. The van der Waals surface area contributed by atoms with Crippen LogP contribution in [0.2, 0.25) is 0 Å². The lowest BCUT2D eigenvalue weighted by molar-refractivity contribution is 0.0475. The Morgan fingerprint density at radius 1 is 1.58 bits per heavy atom. The van der Waals surface area contributed by atoms with Gasteiger partial charge in [-0.3, -0.25) is 0 Å². The second-order valence-electron chi connectivity index (χ2n) is 3.03. The largest absolute Gasteiger partial charge is 0.459 e. The van der Waals surface area contributed by atoms with Crippen molar-refractivity contribution in [2.75, 3.05) is 6.61 Å². The average molecular weight is 277 g/mol. The lowest BCUT2D eigenvalue weighted by Gasteiger charge is -1.95. The van der Waals surface area contributed by atoms with Crippen LogP contribution in [0.4, 0.5) is 0 Å². The van der Waals surface area contributed by atoms with Crippen LogP contribution in [0.3, 0.4) is 0 Å². The third kappa shape index (κ3) is 3.26. The fourth-order valence-corrected chi connectivity index (χ4v) is 1.67. The molecule has 2 aromatic heterocycles. The summed E-state index contributed by atoms with van der Waals surface area (Å²) in [6, 6.07) is 3.36. The number of esters is 1. The van der Waals surface area contributed by atoms with Gasteiger partial charge in [-0.15, -0.1) is 5.10 Å². The molecule has 0 saturated heterocycles. The zero-order valence-electron chi connectivity index (χ0n) is 9.73. The average Bonchev–Trinajstić information content (AvgIpc) is 2.88. The van der Waals surface area contributed by atoms with E-state index in [1.807, 2.05) is 6.07 Å². The molecule has 0 atom stereocenters. The molecule has 0 amide bonds. The Morgan fingerprint density at radius 3 is 3.16 bits per heavy atom. The maximum atomic E-state index is 11.3. The van der Waals surface area contributed by atoms with Crippen molar-refractivity contribution in [3.05, 3.63) is 23.8 Å². The summed E-state index contributed by atoms with van der Waals surface area (Å²) in [5.74, 6) is -0.922. The number of ether oxygens (including phenoxy) is 1. The van der Waals surface area contributed by atoms with Gasteiger partial charge >= 0.3 is 11.9 Å². The highest BCUT2D eigenvalue weighted by Crippen LogP contribution is 2.22. The van der Waals surface area contributed by atoms with Crippen LogP contribution in [0.1, 0.15) is 23.3 Å². The van der Waals surface area contributed by atoms with Crippen LogP contribution in [-0.2, 0) is 4.74 Å². The van der Waals surface area contributed by atoms with Crippen molar-refractivity contribution < 1.29 is 13.9 Å². The zero-order chi connectivity index (χ0) is 13.7. The van der Waals surface area contributed by atoms with Gasteiger partial charge in [0.15, 0.2) is 5.16 Å². The fourth-order valence-electron chi connectivity index (χ4n) is 1.06. The van der Waals surface area contributed by atoms with Gasteiger partial charge in [-0.1, -0.05) is 5.10 Å². The van der Waals surface area contributed by atoms with Crippen LogP contribution in [0.25, 0.3) is 0 Å². The van der Waals surface area contributed by atoms with Crippen molar-refractivity contribution >= 4 is 17.7 Å². The Labute approximate surface area is 111 Å². The predicted octanol–water partition coefficient (Wildman–Crippen LogP) is 1.06. The van der Waals surface area contributed by atoms with E-state index in [4.69, 9.17) is 14.4 Å². The van der Waals surface area contributed by atoms with Gasteiger partial charge in [0.1, 0.15) is 11.8 Å². The van der Waals surface area contributed by atoms with Gasteiger partial charge in [-0.25, -0.2) is 14.8 Å². The molecule has 0 unspecified atom stereocenters. The second-order valence-corrected chi connectivity index (χ2v) is 3.95. The quantitative estimate of drug-likeness (QED) is 0.597. The third-order valence-corrected chi connectivity index (χ3v) is 2.50. The van der Waals surface area contributed by atoms with E-state index in [1.54, 1.807) is 6.92 Å². The van der Waals surface area contributed by atoms with Crippen LogP contribution in [0, 0.1) is 11.3 Å². The number of carbonyl (C=O) groups excluding carboxylic acids is 1. The molecule has 19 heavy (non-hydrogen) atoms. The number of nitrogens with zero attached hydrogens (tertiary/aromatic N) is 5. The normalized spacial score (nSPS) is 9.89. The van der Waals surface area contributed by atoms with Crippen LogP contribution in [0.15, 0.2) is 27.1 Å². The summed E-state index contributed by atoms with van der Waals surface area (Å²) < 4.78 is 9.79. The molecule has 0 aliphatic heterocycles. The number of hydrogen-bond donors (Lipinski definition) is 0. The van der Waals surface area contributed by atoms with E-state index in [1.165, 1.54) is 12.3 Å². The first kappa shape index (κ1) is 13.0. The van der Waals surface area contributed by atoms with Crippen LogP contribution in [-0.4, -0.2) is 32.7 Å². The molecule has 2 heterocycles. The molecule has 2 rings (SSSR count). The molecule has 0 radical (unpaired) electrons. The molecule has 0 aliphatic carbocycles. The Morgan fingerprint density at radius 2 is 2.42 bits per heavy atom. The standard InChI is InChI=1S/C10H7N5O3S/c1-2-17-8(16)7-14-15-10(18-7)19-9-12-4-3-6(5-11)13-9/h3-4H,2H2,1H3. The summed E-state index contributed by atoms with van der Waals surface area (Å²) in [6.07, 6.45) is 1.44. The summed E-state index contributed by atoms with van der Waals surface area (Å²) >= 11 is 0.952. The Kier molecular flexibility index (Phi) is 4.04. The first-order valence-corrected chi connectivity index (χ1v) is 5.96. The Hall–Kier alpha value is -2.47. The third-order valence-electron chi connectivity index (χ3n) is 1.78. The van der Waals surface area contributed by atoms with Crippen molar-refractivity contribution in [3.63, 3.8) is 0 Å². The molecule has 96 valence electrons. The van der Waals surface area contributed by atoms with Crippen molar-refractivity contribution in [1.29, 1.82) is 5.26 Å². The van der Waals surface area contributed by atoms with E-state index in [0.29, 0.717) is 0 Å². The minimum Gasteiger partial charge on any atom is -0.459 e. The smallest absolute Gasteiger partial charge is 0.396 e. The molecule has 9 heteroatoms. The van der Waals surface area contributed by atoms with Gasteiger partial charge in [-0.2, -0.15) is 5.26 Å². The molecule has 2 aromatic rings. The van der Waals surface area contributed by atoms with Crippen LogP contribution >= 0.6 is 11.8 Å². The molecule has 0 aliphatic rings. The minimum atomic E-state index is -0.687. The molecule has 0 saturated carbocycles. The van der Waals surface area contributed by atoms with Crippen LogP contribution in [0.5, 0.6) is 0 Å². The summed E-state index contributed by atoms with van der Waals surface area (Å²) in [5.41, 5.74) is 0.225. The molecule has 0 spiro atoms. The molecule has 8 nitrogen and oxygen atoms in total. The van der Waals surface area contributed by atoms with Crippen molar-refractivity contribution in [2.24, 2.45) is 0 Å². The lowest BCUT2D eigenvalue weighted by atomic mass is 10.5. The number of carbonyl (C=O) groups is 1. The first-order chi connectivity index (χ1) is 9.22. The second kappa shape index (κ2) is 5.92. The van der Waals surface area contributed by atoms with E-state index in [9.17, 15) is 4.79 Å². The predicted molar refractivity (Wildman–Crippen MR) is 61.1 cm³/mol. The van der Waals surface area contributed by atoms with Crippen molar-refractivity contribution in [1.82, 2.24) is 20.2 Å². The van der Waals surface area contributed by atoms with E-state index < -0.39 is 5.97 Å². The number of rotatable bonds is 4. The highest BCUT2D eigenvalue weighted by molar-refractivity contribution is 7.98. The number of nitriles is 1. The van der Waals surface area contributed by atoms with Crippen molar-refractivity contribution in [2.45, 2.75) is 17.3 Å². The molecule has 0 bridgehead atoms. The first-order valence-electron chi connectivity index (χ1n) is 5.14. The van der Waals surface area contributed by atoms with Gasteiger partial charge < -0.3 is 9.15 Å². The molecule has 0 N–H and O–H groups in total. The van der Waals surface area contributed by atoms with E-state index >= 15 is 0 Å². The number of hydrogen-bond acceptors (Lipinski definition) is 9. The number of aromatic nitrogens is 4. The van der Waals surface area contributed by atoms with E-state index in [2.05, 4.69) is 20.2 Å². The van der Waals surface area contributed by atoms with Crippen LogP contribution < -0.4 is 0 Å². The summed E-state index contributed by atoms with van der Waals surface area (Å²) in [4.78, 5) is 19.2. The van der Waals surface area contributed by atoms with Gasteiger partial charge in [0, 0.05) is 18.0 Å². The van der Waals surface area contributed by atoms with Gasteiger partial charge in [-0.05, 0) is 13.0 Å². The highest BCUT2D eigenvalue weighted by Gasteiger charge is 2.17.